The molecule has 6 aliphatic carbocycles. The second kappa shape index (κ2) is 5.56. The quantitative estimate of drug-likeness (QED) is 0.292. The summed E-state index contributed by atoms with van der Waals surface area (Å²) in [6, 6.07) is 37.4. The molecule has 0 fully saturated rings. The lowest BCUT2D eigenvalue weighted by molar-refractivity contribution is 0.107. The van der Waals surface area contributed by atoms with Crippen molar-refractivity contribution in [2.45, 2.75) is 36.5 Å². The molecule has 10 rings (SSSR count). The van der Waals surface area contributed by atoms with Gasteiger partial charge in [0.25, 0.3) is 0 Å². The fourth-order valence-corrected chi connectivity index (χ4v) is 8.19. The smallest absolute Gasteiger partial charge is 0.0161 e. The van der Waals surface area contributed by atoms with E-state index in [2.05, 4.69) is 97.1 Å². The van der Waals surface area contributed by atoms with Crippen molar-refractivity contribution in [2.24, 2.45) is 5.41 Å². The maximum atomic E-state index is 2.43. The van der Waals surface area contributed by atoms with Gasteiger partial charge in [0.2, 0.25) is 0 Å². The third-order valence-corrected chi connectivity index (χ3v) is 9.05. The molecule has 6 aliphatic rings. The summed E-state index contributed by atoms with van der Waals surface area (Å²) in [6.45, 7) is 0. The summed E-state index contributed by atoms with van der Waals surface area (Å²) in [5, 5.41) is 0. The predicted octanol–water partition coefficient (Wildman–Crippen LogP) is 7.34. The minimum absolute atomic E-state index is 0.265. The second-order valence-electron chi connectivity index (χ2n) is 10.1. The molecule has 0 atom stereocenters. The van der Waals surface area contributed by atoms with Crippen LogP contribution in [0.4, 0.5) is 0 Å². The van der Waals surface area contributed by atoms with E-state index in [-0.39, 0.29) is 5.41 Å². The van der Waals surface area contributed by atoms with Crippen molar-refractivity contribution >= 4 is 0 Å². The number of hydrogen-bond acceptors (Lipinski definition) is 0. The first-order valence-corrected chi connectivity index (χ1v) is 11.7. The van der Waals surface area contributed by atoms with Gasteiger partial charge in [0.15, 0.2) is 0 Å². The molecule has 0 saturated heterocycles. The van der Waals surface area contributed by atoms with Crippen LogP contribution in [0.1, 0.15) is 81.0 Å². The van der Waals surface area contributed by atoms with Gasteiger partial charge in [-0.05, 0) is 62.8 Å². The Kier molecular flexibility index (Phi) is 2.97. The average Bonchev–Trinajstić information content (AvgIpc) is 2.84. The van der Waals surface area contributed by atoms with E-state index in [9.17, 15) is 0 Å². The van der Waals surface area contributed by atoms with Gasteiger partial charge < -0.3 is 0 Å². The lowest BCUT2D eigenvalue weighted by atomic mass is 9.40. The molecule has 0 unspecified atom stereocenters. The Hall–Kier alpha value is -3.12. The van der Waals surface area contributed by atoms with Crippen LogP contribution < -0.4 is 0 Å². The van der Waals surface area contributed by atoms with E-state index in [4.69, 9.17) is 0 Å². The van der Waals surface area contributed by atoms with E-state index < -0.39 is 0 Å². The molecule has 1 spiro atoms. The normalized spacial score (nSPS) is 30.5. The van der Waals surface area contributed by atoms with Gasteiger partial charge in [-0.15, -0.1) is 0 Å². The van der Waals surface area contributed by atoms with E-state index in [1.807, 2.05) is 0 Å². The molecule has 0 radical (unpaired) electrons. The van der Waals surface area contributed by atoms with E-state index in [1.165, 1.54) is 12.8 Å². The van der Waals surface area contributed by atoms with Crippen molar-refractivity contribution in [3.63, 3.8) is 0 Å². The third kappa shape index (κ3) is 1.85. The molecule has 148 valence electrons. The topological polar surface area (TPSA) is 0 Å². The van der Waals surface area contributed by atoms with E-state index in [0.29, 0.717) is 23.7 Å². The summed E-state index contributed by atoms with van der Waals surface area (Å²) in [7, 11) is 0. The Bertz CT molecular complexity index is 1170. The summed E-state index contributed by atoms with van der Waals surface area (Å²) in [5.74, 6) is 2.02. The molecule has 0 heteroatoms. The summed E-state index contributed by atoms with van der Waals surface area (Å²) in [6.07, 6.45) is 2.55. The van der Waals surface area contributed by atoms with Crippen LogP contribution in [0.5, 0.6) is 0 Å². The van der Waals surface area contributed by atoms with Crippen molar-refractivity contribution < 1.29 is 0 Å². The van der Waals surface area contributed by atoms with Gasteiger partial charge in [-0.2, -0.15) is 0 Å². The Morgan fingerprint density at radius 3 is 0.935 bits per heavy atom. The second-order valence-corrected chi connectivity index (χ2v) is 10.1. The van der Waals surface area contributed by atoms with E-state index in [1.54, 1.807) is 44.5 Å². The molecule has 31 heavy (non-hydrogen) atoms. The lowest BCUT2D eigenvalue weighted by Gasteiger charge is -2.62. The fourth-order valence-electron chi connectivity index (χ4n) is 8.19. The Morgan fingerprint density at radius 1 is 0.387 bits per heavy atom. The van der Waals surface area contributed by atoms with Gasteiger partial charge in [-0.25, -0.2) is 0 Å². The molecule has 4 bridgehead atoms. The molecule has 0 saturated carbocycles. The van der Waals surface area contributed by atoms with Crippen LogP contribution in [0.3, 0.4) is 0 Å². The van der Waals surface area contributed by atoms with Crippen LogP contribution >= 0.6 is 0 Å². The summed E-state index contributed by atoms with van der Waals surface area (Å²) in [4.78, 5) is 0. The standard InChI is InChI=1S/C31H24/c1-5-13-23-19(9-1)27-17-31(29(23)24-14-6-2-10-20(24)27)18-28-21-11-3-7-15-25(21)30(31)26-16-8-4-12-22(26)28/h1-16,27-30H,17-18H2. The molecular weight excluding hydrogens is 372 g/mol. The monoisotopic (exact) mass is 396 g/mol. The maximum Gasteiger partial charge on any atom is 0.0161 e. The molecule has 4 aromatic carbocycles. The zero-order valence-electron chi connectivity index (χ0n) is 17.5. The number of hydrogen-bond donors (Lipinski definition) is 0. The van der Waals surface area contributed by atoms with Crippen molar-refractivity contribution in [3.05, 3.63) is 142 Å². The lowest BCUT2D eigenvalue weighted by Crippen LogP contribution is -2.51. The van der Waals surface area contributed by atoms with Crippen LogP contribution in [0.2, 0.25) is 0 Å². The van der Waals surface area contributed by atoms with Gasteiger partial charge in [-0.1, -0.05) is 97.1 Å². The first kappa shape index (κ1) is 16.6. The Balaban J connectivity index is 1.46. The van der Waals surface area contributed by atoms with Crippen molar-refractivity contribution in [3.8, 4) is 0 Å². The highest BCUT2D eigenvalue weighted by Crippen LogP contribution is 2.73. The van der Waals surface area contributed by atoms with Crippen molar-refractivity contribution in [2.75, 3.05) is 0 Å². The zero-order valence-corrected chi connectivity index (χ0v) is 17.5. The summed E-state index contributed by atoms with van der Waals surface area (Å²) >= 11 is 0. The summed E-state index contributed by atoms with van der Waals surface area (Å²) < 4.78 is 0. The SMILES string of the molecule is c1ccc2c(c1)C1CC3(CC4c5ccccc5C3c3ccccc34)C2c2ccccc21. The van der Waals surface area contributed by atoms with Crippen LogP contribution in [-0.4, -0.2) is 0 Å². The minimum Gasteiger partial charge on any atom is -0.0620 e. The van der Waals surface area contributed by atoms with Gasteiger partial charge >= 0.3 is 0 Å². The summed E-state index contributed by atoms with van der Waals surface area (Å²) in [5.41, 5.74) is 13.0. The van der Waals surface area contributed by atoms with E-state index in [0.717, 1.165) is 0 Å². The zero-order chi connectivity index (χ0) is 20.2. The van der Waals surface area contributed by atoms with Gasteiger partial charge in [-0.3, -0.25) is 0 Å². The van der Waals surface area contributed by atoms with Crippen LogP contribution in [-0.2, 0) is 0 Å². The van der Waals surface area contributed by atoms with E-state index >= 15 is 0 Å². The van der Waals surface area contributed by atoms with Gasteiger partial charge in [0, 0.05) is 23.7 Å². The number of benzene rings is 4. The Labute approximate surface area is 183 Å². The van der Waals surface area contributed by atoms with Crippen LogP contribution in [0.25, 0.3) is 0 Å². The molecule has 0 aromatic heterocycles. The predicted molar refractivity (Wildman–Crippen MR) is 125 cm³/mol. The molecule has 0 aliphatic heterocycles. The molecule has 0 heterocycles. The highest BCUT2D eigenvalue weighted by molar-refractivity contribution is 5.64. The fraction of sp³-hybridized carbons (Fsp3) is 0.226. The van der Waals surface area contributed by atoms with Crippen LogP contribution in [0, 0.1) is 5.41 Å². The number of rotatable bonds is 0. The van der Waals surface area contributed by atoms with Crippen molar-refractivity contribution in [1.29, 1.82) is 0 Å². The third-order valence-electron chi connectivity index (χ3n) is 9.05. The highest BCUT2D eigenvalue weighted by Gasteiger charge is 2.61. The molecule has 0 nitrogen and oxygen atoms in total. The van der Waals surface area contributed by atoms with Gasteiger partial charge in [0.1, 0.15) is 0 Å². The first-order chi connectivity index (χ1) is 15.4. The van der Waals surface area contributed by atoms with Crippen LogP contribution in [0.15, 0.2) is 97.1 Å². The first-order valence-electron chi connectivity index (χ1n) is 11.7. The maximum absolute atomic E-state index is 2.43. The molecule has 0 N–H and O–H groups in total. The molecule has 4 aromatic rings. The largest absolute Gasteiger partial charge is 0.0620 e. The van der Waals surface area contributed by atoms with Crippen molar-refractivity contribution in [1.82, 2.24) is 0 Å². The van der Waals surface area contributed by atoms with Gasteiger partial charge in [0.05, 0.1) is 0 Å². The average molecular weight is 397 g/mol. The molecule has 0 amide bonds. The molecular formula is C31H24. The highest BCUT2D eigenvalue weighted by atomic mass is 14.6. The Morgan fingerprint density at radius 2 is 0.645 bits per heavy atom. The minimum atomic E-state index is 0.265.